The Morgan fingerprint density at radius 3 is 2.59 bits per heavy atom. The second-order valence-electron chi connectivity index (χ2n) is 7.12. The molecule has 1 aliphatic carbocycles. The summed E-state index contributed by atoms with van der Waals surface area (Å²) in [7, 11) is 0. The fourth-order valence-electron chi connectivity index (χ4n) is 2.89. The fourth-order valence-corrected chi connectivity index (χ4v) is 2.89. The quantitative estimate of drug-likeness (QED) is 0.408. The molecule has 2 N–H and O–H groups in total. The second kappa shape index (κ2) is 8.73. The van der Waals surface area contributed by atoms with Crippen molar-refractivity contribution in [3.8, 4) is 0 Å². The van der Waals surface area contributed by atoms with Gasteiger partial charge >= 0.3 is 0 Å². The third-order valence-electron chi connectivity index (χ3n) is 4.61. The summed E-state index contributed by atoms with van der Waals surface area (Å²) in [5.74, 6) is 1.97. The van der Waals surface area contributed by atoms with Gasteiger partial charge in [-0.1, -0.05) is 12.8 Å². The van der Waals surface area contributed by atoms with Crippen molar-refractivity contribution in [3.63, 3.8) is 0 Å². The van der Waals surface area contributed by atoms with Crippen molar-refractivity contribution < 1.29 is 4.74 Å². The minimum atomic E-state index is 0.0835. The molecule has 1 aliphatic heterocycles. The molecule has 0 radical (unpaired) electrons. The van der Waals surface area contributed by atoms with Gasteiger partial charge in [0.25, 0.3) is 0 Å². The van der Waals surface area contributed by atoms with Crippen LogP contribution in [0, 0.1) is 5.92 Å². The lowest BCUT2D eigenvalue weighted by atomic mass is 10.0. The number of aliphatic imine (C=N–C) groups is 1. The summed E-state index contributed by atoms with van der Waals surface area (Å²) in [6.45, 7) is 13.1. The highest BCUT2D eigenvalue weighted by Gasteiger charge is 2.28. The van der Waals surface area contributed by atoms with Crippen LogP contribution in [0.15, 0.2) is 4.99 Å². The Labute approximate surface area is 135 Å². The average molecular weight is 310 g/mol. The predicted octanol–water partition coefficient (Wildman–Crippen LogP) is 1.84. The zero-order chi connectivity index (χ0) is 15.8. The Balaban J connectivity index is 1.76. The third-order valence-corrected chi connectivity index (χ3v) is 4.61. The summed E-state index contributed by atoms with van der Waals surface area (Å²) in [4.78, 5) is 7.29. The number of morpholine rings is 1. The maximum atomic E-state index is 5.45. The summed E-state index contributed by atoms with van der Waals surface area (Å²) in [5, 5.41) is 6.83. The summed E-state index contributed by atoms with van der Waals surface area (Å²) < 4.78 is 5.45. The maximum Gasteiger partial charge on any atom is 0.191 e. The van der Waals surface area contributed by atoms with Crippen LogP contribution in [0.4, 0.5) is 0 Å². The van der Waals surface area contributed by atoms with Crippen molar-refractivity contribution in [2.45, 2.75) is 52.0 Å². The van der Waals surface area contributed by atoms with Gasteiger partial charge in [-0.3, -0.25) is 9.89 Å². The minimum Gasteiger partial charge on any atom is -0.379 e. The first-order chi connectivity index (χ1) is 10.6. The van der Waals surface area contributed by atoms with Crippen LogP contribution in [0.1, 0.15) is 46.5 Å². The van der Waals surface area contributed by atoms with Gasteiger partial charge in [-0.05, 0) is 39.5 Å². The molecular weight excluding hydrogens is 276 g/mol. The first kappa shape index (κ1) is 17.5. The van der Waals surface area contributed by atoms with E-state index in [0.29, 0.717) is 0 Å². The van der Waals surface area contributed by atoms with Crippen molar-refractivity contribution in [1.29, 1.82) is 0 Å². The molecule has 0 aromatic heterocycles. The van der Waals surface area contributed by atoms with Gasteiger partial charge in [0.2, 0.25) is 0 Å². The van der Waals surface area contributed by atoms with Gasteiger partial charge in [0.1, 0.15) is 0 Å². The van der Waals surface area contributed by atoms with Crippen molar-refractivity contribution in [2.24, 2.45) is 10.9 Å². The van der Waals surface area contributed by atoms with Gasteiger partial charge in [0, 0.05) is 31.7 Å². The van der Waals surface area contributed by atoms with Gasteiger partial charge < -0.3 is 15.4 Å². The van der Waals surface area contributed by atoms with E-state index >= 15 is 0 Å². The lowest BCUT2D eigenvalue weighted by Gasteiger charge is -2.39. The Morgan fingerprint density at radius 2 is 1.95 bits per heavy atom. The van der Waals surface area contributed by atoms with Crippen molar-refractivity contribution >= 4 is 5.96 Å². The first-order valence-corrected chi connectivity index (χ1v) is 8.97. The molecule has 1 heterocycles. The largest absolute Gasteiger partial charge is 0.379 e. The van der Waals surface area contributed by atoms with E-state index in [-0.39, 0.29) is 5.54 Å². The van der Waals surface area contributed by atoms with E-state index in [1.165, 1.54) is 25.7 Å². The first-order valence-electron chi connectivity index (χ1n) is 8.97. The van der Waals surface area contributed by atoms with Crippen LogP contribution >= 0.6 is 0 Å². The normalized spacial score (nSPS) is 21.0. The van der Waals surface area contributed by atoms with E-state index in [1.807, 2.05) is 0 Å². The molecule has 22 heavy (non-hydrogen) atoms. The Hall–Kier alpha value is -0.810. The Kier molecular flexibility index (Phi) is 6.96. The van der Waals surface area contributed by atoms with E-state index < -0.39 is 0 Å². The molecule has 1 saturated heterocycles. The number of nitrogens with zero attached hydrogens (tertiary/aromatic N) is 2. The maximum absolute atomic E-state index is 5.45. The smallest absolute Gasteiger partial charge is 0.191 e. The molecule has 2 rings (SSSR count). The SMILES string of the molecule is CCNC(=NCC(C)(C)N1CCOCC1)NCCCC1CC1. The number of rotatable bonds is 8. The monoisotopic (exact) mass is 310 g/mol. The number of nitrogens with one attached hydrogen (secondary N) is 2. The molecule has 1 saturated carbocycles. The number of hydrogen-bond acceptors (Lipinski definition) is 3. The molecule has 2 aliphatic rings. The van der Waals surface area contributed by atoms with Crippen LogP contribution in [0.25, 0.3) is 0 Å². The zero-order valence-electron chi connectivity index (χ0n) is 14.7. The van der Waals surface area contributed by atoms with Gasteiger partial charge in [0.15, 0.2) is 5.96 Å². The highest BCUT2D eigenvalue weighted by atomic mass is 16.5. The lowest BCUT2D eigenvalue weighted by Crippen LogP contribution is -2.52. The molecule has 0 bridgehead atoms. The average Bonchev–Trinajstić information content (AvgIpc) is 3.34. The lowest BCUT2D eigenvalue weighted by molar-refractivity contribution is -0.00683. The summed E-state index contributed by atoms with van der Waals surface area (Å²) in [6.07, 6.45) is 5.51. The van der Waals surface area contributed by atoms with Crippen molar-refractivity contribution in [2.75, 3.05) is 45.9 Å². The number of hydrogen-bond donors (Lipinski definition) is 2. The standard InChI is InChI=1S/C17H34N4O/c1-4-18-16(19-9-5-6-15-7-8-15)20-14-17(2,3)21-10-12-22-13-11-21/h15H,4-14H2,1-3H3,(H2,18,19,20). The van der Waals surface area contributed by atoms with E-state index in [2.05, 4.69) is 36.3 Å². The molecule has 0 spiro atoms. The van der Waals surface area contributed by atoms with Gasteiger partial charge in [0.05, 0.1) is 19.8 Å². The minimum absolute atomic E-state index is 0.0835. The van der Waals surface area contributed by atoms with Crippen LogP contribution in [0.3, 0.4) is 0 Å². The molecular formula is C17H34N4O. The fraction of sp³-hybridized carbons (Fsp3) is 0.941. The van der Waals surface area contributed by atoms with Gasteiger partial charge in [-0.15, -0.1) is 0 Å². The van der Waals surface area contributed by atoms with Crippen LogP contribution in [-0.2, 0) is 4.74 Å². The molecule has 0 aromatic carbocycles. The molecule has 0 aromatic rings. The molecule has 5 heteroatoms. The molecule has 128 valence electrons. The molecule has 2 fully saturated rings. The topological polar surface area (TPSA) is 48.9 Å². The van der Waals surface area contributed by atoms with E-state index in [1.54, 1.807) is 0 Å². The predicted molar refractivity (Wildman–Crippen MR) is 92.4 cm³/mol. The van der Waals surface area contributed by atoms with E-state index in [4.69, 9.17) is 9.73 Å². The number of guanidine groups is 1. The number of ether oxygens (including phenoxy) is 1. The zero-order valence-corrected chi connectivity index (χ0v) is 14.7. The van der Waals surface area contributed by atoms with Crippen LogP contribution < -0.4 is 10.6 Å². The highest BCUT2D eigenvalue weighted by Crippen LogP contribution is 2.33. The van der Waals surface area contributed by atoms with Crippen LogP contribution in [0.2, 0.25) is 0 Å². The molecule has 0 atom stereocenters. The third kappa shape index (κ3) is 6.13. The van der Waals surface area contributed by atoms with E-state index in [9.17, 15) is 0 Å². The molecule has 5 nitrogen and oxygen atoms in total. The molecule has 0 unspecified atom stereocenters. The second-order valence-corrected chi connectivity index (χ2v) is 7.12. The van der Waals surface area contributed by atoms with Crippen LogP contribution in [-0.4, -0.2) is 62.3 Å². The Morgan fingerprint density at radius 1 is 1.23 bits per heavy atom. The van der Waals surface area contributed by atoms with Gasteiger partial charge in [-0.25, -0.2) is 0 Å². The summed E-state index contributed by atoms with van der Waals surface area (Å²) in [6, 6.07) is 0. The summed E-state index contributed by atoms with van der Waals surface area (Å²) >= 11 is 0. The van der Waals surface area contributed by atoms with Crippen molar-refractivity contribution in [1.82, 2.24) is 15.5 Å². The molecule has 0 amide bonds. The van der Waals surface area contributed by atoms with E-state index in [0.717, 1.165) is 57.8 Å². The highest BCUT2D eigenvalue weighted by molar-refractivity contribution is 5.79. The van der Waals surface area contributed by atoms with Gasteiger partial charge in [-0.2, -0.15) is 0 Å². The van der Waals surface area contributed by atoms with Crippen LogP contribution in [0.5, 0.6) is 0 Å². The Bertz CT molecular complexity index is 347. The summed E-state index contributed by atoms with van der Waals surface area (Å²) in [5.41, 5.74) is 0.0835. The van der Waals surface area contributed by atoms with Crippen molar-refractivity contribution in [3.05, 3.63) is 0 Å².